The number of nitrogens with one attached hydrogen (secondary N) is 3. The predicted octanol–water partition coefficient (Wildman–Crippen LogP) is 0.683. The van der Waals surface area contributed by atoms with E-state index in [0.717, 1.165) is 18.5 Å². The summed E-state index contributed by atoms with van der Waals surface area (Å²) in [6.07, 6.45) is 5.09. The number of anilines is 1. The Morgan fingerprint density at radius 1 is 1.53 bits per heavy atom. The highest BCUT2D eigenvalue weighted by atomic mass is 16.1. The molecule has 0 saturated carbocycles. The molecule has 0 spiro atoms. The Morgan fingerprint density at radius 3 is 3.06 bits per heavy atom. The first-order chi connectivity index (χ1) is 8.25. The number of nitrogens with zero attached hydrogens (tertiary/aromatic N) is 1. The van der Waals surface area contributed by atoms with Crippen LogP contribution in [0.25, 0.3) is 0 Å². The van der Waals surface area contributed by atoms with Crippen molar-refractivity contribution in [3.05, 3.63) is 35.9 Å². The van der Waals surface area contributed by atoms with Gasteiger partial charge in [-0.15, -0.1) is 0 Å². The molecular formula is C11H15N5O. The van der Waals surface area contributed by atoms with Crippen LogP contribution in [-0.2, 0) is 6.42 Å². The second kappa shape index (κ2) is 5.20. The van der Waals surface area contributed by atoms with Gasteiger partial charge in [-0.3, -0.25) is 4.79 Å². The van der Waals surface area contributed by atoms with Gasteiger partial charge in [-0.25, -0.2) is 4.98 Å². The lowest BCUT2D eigenvalue weighted by Crippen LogP contribution is -2.25. The number of rotatable bonds is 5. The normalized spacial score (nSPS) is 10.4. The van der Waals surface area contributed by atoms with E-state index in [-0.39, 0.29) is 5.91 Å². The van der Waals surface area contributed by atoms with Crippen molar-refractivity contribution in [3.8, 4) is 0 Å². The molecule has 6 nitrogen and oxygen atoms in total. The van der Waals surface area contributed by atoms with E-state index in [4.69, 9.17) is 5.73 Å². The molecule has 0 aliphatic carbocycles. The topological polar surface area (TPSA) is 99.6 Å². The Kier molecular flexibility index (Phi) is 3.44. The largest absolute Gasteiger partial charge is 0.369 e. The second-order valence-corrected chi connectivity index (χ2v) is 3.74. The van der Waals surface area contributed by atoms with Crippen molar-refractivity contribution in [1.82, 2.24) is 20.3 Å². The van der Waals surface area contributed by atoms with Crippen LogP contribution in [-0.4, -0.2) is 27.4 Å². The van der Waals surface area contributed by atoms with E-state index < -0.39 is 0 Å². The van der Waals surface area contributed by atoms with Gasteiger partial charge in [-0.1, -0.05) is 0 Å². The third-order valence-corrected chi connectivity index (χ3v) is 2.40. The van der Waals surface area contributed by atoms with E-state index in [0.29, 0.717) is 18.2 Å². The van der Waals surface area contributed by atoms with Gasteiger partial charge in [0.1, 0.15) is 5.69 Å². The zero-order chi connectivity index (χ0) is 12.1. The fourth-order valence-electron chi connectivity index (χ4n) is 1.55. The average Bonchev–Trinajstić information content (AvgIpc) is 2.95. The number of hydrogen-bond acceptors (Lipinski definition) is 3. The summed E-state index contributed by atoms with van der Waals surface area (Å²) < 4.78 is 0. The molecule has 0 saturated heterocycles. The van der Waals surface area contributed by atoms with E-state index in [2.05, 4.69) is 20.3 Å². The summed E-state index contributed by atoms with van der Waals surface area (Å²) in [6, 6.07) is 3.53. The molecule has 0 unspecified atom stereocenters. The molecule has 0 aromatic carbocycles. The van der Waals surface area contributed by atoms with E-state index >= 15 is 0 Å². The number of nitrogens with two attached hydrogens (primary N) is 1. The molecule has 90 valence electrons. The summed E-state index contributed by atoms with van der Waals surface area (Å²) >= 11 is 0. The lowest BCUT2D eigenvalue weighted by atomic mass is 10.2. The van der Waals surface area contributed by atoms with Gasteiger partial charge in [0.25, 0.3) is 5.91 Å². The van der Waals surface area contributed by atoms with Crippen molar-refractivity contribution in [2.24, 2.45) is 0 Å². The Labute approximate surface area is 98.6 Å². The summed E-state index contributed by atoms with van der Waals surface area (Å²) in [5.41, 5.74) is 7.02. The molecule has 1 amide bonds. The molecule has 5 N–H and O–H groups in total. The van der Waals surface area contributed by atoms with Crippen molar-refractivity contribution in [1.29, 1.82) is 0 Å². The van der Waals surface area contributed by atoms with Crippen molar-refractivity contribution in [2.45, 2.75) is 12.8 Å². The summed E-state index contributed by atoms with van der Waals surface area (Å²) in [5, 5.41) is 2.83. The lowest BCUT2D eigenvalue weighted by Gasteiger charge is -2.02. The summed E-state index contributed by atoms with van der Waals surface area (Å²) in [7, 11) is 0. The van der Waals surface area contributed by atoms with Crippen molar-refractivity contribution >= 4 is 11.9 Å². The highest BCUT2D eigenvalue weighted by Gasteiger charge is 2.04. The Morgan fingerprint density at radius 2 is 2.41 bits per heavy atom. The number of H-pyrrole nitrogens is 2. The highest BCUT2D eigenvalue weighted by molar-refractivity contribution is 5.92. The minimum Gasteiger partial charge on any atom is -0.369 e. The second-order valence-electron chi connectivity index (χ2n) is 3.74. The van der Waals surface area contributed by atoms with E-state index in [1.54, 1.807) is 24.5 Å². The standard InChI is InChI=1S/C11H15N5O/c12-11-15-7-8(16-11)3-1-6-14-10(17)9-4-2-5-13-9/h2,4-5,7,13H,1,3,6H2,(H,14,17)(H3,12,15,16). The fourth-order valence-corrected chi connectivity index (χ4v) is 1.55. The monoisotopic (exact) mass is 233 g/mol. The van der Waals surface area contributed by atoms with Crippen LogP contribution in [0.5, 0.6) is 0 Å². The lowest BCUT2D eigenvalue weighted by molar-refractivity contribution is 0.0949. The molecule has 0 radical (unpaired) electrons. The Balaban J connectivity index is 1.68. The van der Waals surface area contributed by atoms with E-state index in [1.165, 1.54) is 0 Å². The van der Waals surface area contributed by atoms with Crippen LogP contribution in [0.1, 0.15) is 22.6 Å². The average molecular weight is 233 g/mol. The van der Waals surface area contributed by atoms with Gasteiger partial charge in [-0.2, -0.15) is 0 Å². The number of nitrogen functional groups attached to an aromatic ring is 1. The number of aromatic amines is 2. The first-order valence-corrected chi connectivity index (χ1v) is 5.46. The van der Waals surface area contributed by atoms with Crippen LogP contribution in [0, 0.1) is 0 Å². The van der Waals surface area contributed by atoms with Gasteiger partial charge in [0.2, 0.25) is 0 Å². The first kappa shape index (κ1) is 11.3. The Hall–Kier alpha value is -2.24. The van der Waals surface area contributed by atoms with Crippen molar-refractivity contribution < 1.29 is 4.79 Å². The molecule has 17 heavy (non-hydrogen) atoms. The predicted molar refractivity (Wildman–Crippen MR) is 64.4 cm³/mol. The number of carbonyl (C=O) groups excluding carboxylic acids is 1. The molecule has 0 aliphatic heterocycles. The zero-order valence-corrected chi connectivity index (χ0v) is 9.36. The molecule has 6 heteroatoms. The van der Waals surface area contributed by atoms with Crippen LogP contribution in [0.4, 0.5) is 5.95 Å². The molecule has 2 aromatic heterocycles. The molecular weight excluding hydrogens is 218 g/mol. The van der Waals surface area contributed by atoms with Gasteiger partial charge in [0.05, 0.1) is 6.20 Å². The fraction of sp³-hybridized carbons (Fsp3) is 0.273. The number of hydrogen-bond donors (Lipinski definition) is 4. The smallest absolute Gasteiger partial charge is 0.267 e. The number of aryl methyl sites for hydroxylation is 1. The van der Waals surface area contributed by atoms with Gasteiger partial charge in [-0.05, 0) is 25.0 Å². The van der Waals surface area contributed by atoms with Crippen LogP contribution in [0.3, 0.4) is 0 Å². The molecule has 2 rings (SSSR count). The first-order valence-electron chi connectivity index (χ1n) is 5.46. The van der Waals surface area contributed by atoms with Gasteiger partial charge < -0.3 is 21.0 Å². The number of carbonyl (C=O) groups is 1. The molecule has 0 atom stereocenters. The van der Waals surface area contributed by atoms with Gasteiger partial charge in [0.15, 0.2) is 5.95 Å². The maximum Gasteiger partial charge on any atom is 0.267 e. The molecule has 0 fully saturated rings. The quantitative estimate of drug-likeness (QED) is 0.571. The summed E-state index contributed by atoms with van der Waals surface area (Å²) in [4.78, 5) is 21.2. The summed E-state index contributed by atoms with van der Waals surface area (Å²) in [6.45, 7) is 0.622. The minimum atomic E-state index is -0.0841. The van der Waals surface area contributed by atoms with E-state index in [1.807, 2.05) is 0 Å². The van der Waals surface area contributed by atoms with Gasteiger partial charge in [0, 0.05) is 18.4 Å². The van der Waals surface area contributed by atoms with Crippen LogP contribution in [0.15, 0.2) is 24.5 Å². The van der Waals surface area contributed by atoms with Crippen LogP contribution < -0.4 is 11.1 Å². The molecule has 0 bridgehead atoms. The number of imidazole rings is 1. The Bertz CT molecular complexity index is 474. The SMILES string of the molecule is Nc1ncc(CCCNC(=O)c2ccc[nH]2)[nH]1. The maximum absolute atomic E-state index is 11.5. The number of aromatic nitrogens is 3. The number of amides is 1. The molecule has 2 heterocycles. The van der Waals surface area contributed by atoms with Crippen molar-refractivity contribution in [2.75, 3.05) is 12.3 Å². The van der Waals surface area contributed by atoms with Crippen LogP contribution in [0.2, 0.25) is 0 Å². The minimum absolute atomic E-state index is 0.0841. The summed E-state index contributed by atoms with van der Waals surface area (Å²) in [5.74, 6) is 0.342. The highest BCUT2D eigenvalue weighted by Crippen LogP contribution is 2.01. The molecule has 0 aliphatic rings. The van der Waals surface area contributed by atoms with Crippen LogP contribution >= 0.6 is 0 Å². The van der Waals surface area contributed by atoms with E-state index in [9.17, 15) is 4.79 Å². The van der Waals surface area contributed by atoms with Gasteiger partial charge >= 0.3 is 0 Å². The maximum atomic E-state index is 11.5. The zero-order valence-electron chi connectivity index (χ0n) is 9.36. The third kappa shape index (κ3) is 3.10. The van der Waals surface area contributed by atoms with Crippen molar-refractivity contribution in [3.63, 3.8) is 0 Å². The third-order valence-electron chi connectivity index (χ3n) is 2.40. The molecule has 2 aromatic rings.